The first-order valence-electron chi connectivity index (χ1n) is 8.37. The highest BCUT2D eigenvalue weighted by molar-refractivity contribution is 7.09. The van der Waals surface area contributed by atoms with Gasteiger partial charge in [0.1, 0.15) is 5.82 Å². The lowest BCUT2D eigenvalue weighted by Gasteiger charge is -2.20. The van der Waals surface area contributed by atoms with E-state index in [0.717, 1.165) is 24.5 Å². The molecule has 0 radical (unpaired) electrons. The number of nitrogens with one attached hydrogen (secondary N) is 2. The summed E-state index contributed by atoms with van der Waals surface area (Å²) in [5.74, 6) is 0.999. The smallest absolute Gasteiger partial charge is 0.191 e. The van der Waals surface area contributed by atoms with Gasteiger partial charge in [0.05, 0.1) is 6.10 Å². The van der Waals surface area contributed by atoms with Crippen molar-refractivity contribution in [3.63, 3.8) is 0 Å². The molecule has 4 nitrogen and oxygen atoms in total. The average Bonchev–Trinajstić information content (AvgIpc) is 3.12. The Balaban J connectivity index is 1.79. The summed E-state index contributed by atoms with van der Waals surface area (Å²) in [4.78, 5) is 5.65. The lowest BCUT2D eigenvalue weighted by molar-refractivity contribution is 0.106. The maximum Gasteiger partial charge on any atom is 0.191 e. The van der Waals surface area contributed by atoms with Gasteiger partial charge in [0.2, 0.25) is 0 Å². The molecule has 1 heterocycles. The Bertz CT molecular complexity index is 643. The van der Waals surface area contributed by atoms with Gasteiger partial charge in [0.25, 0.3) is 0 Å². The van der Waals surface area contributed by atoms with Gasteiger partial charge in [-0.3, -0.25) is 4.99 Å². The average molecular weight is 364 g/mol. The van der Waals surface area contributed by atoms with Crippen LogP contribution in [0.1, 0.15) is 23.5 Å². The first-order chi connectivity index (χ1) is 12.1. The Labute approximate surface area is 153 Å². The molecule has 2 rings (SSSR count). The van der Waals surface area contributed by atoms with Crippen molar-refractivity contribution >= 4 is 17.3 Å². The summed E-state index contributed by atoms with van der Waals surface area (Å²) in [6, 6.07) is 10.6. The number of ether oxygens (including phenoxy) is 1. The maximum absolute atomic E-state index is 13.0. The highest BCUT2D eigenvalue weighted by Gasteiger charge is 2.12. The van der Waals surface area contributed by atoms with E-state index < -0.39 is 0 Å². The standard InChI is InChI=1S/C19H26FN3OS/c1-14(11-17-5-4-10-25-17)12-22-19(21-2)23-13-18(24-3)15-6-8-16(20)9-7-15/h4-10,14,18H,11-13H2,1-3H3,(H2,21,22,23). The van der Waals surface area contributed by atoms with E-state index in [4.69, 9.17) is 4.74 Å². The minimum Gasteiger partial charge on any atom is -0.375 e. The van der Waals surface area contributed by atoms with E-state index in [9.17, 15) is 4.39 Å². The van der Waals surface area contributed by atoms with E-state index in [2.05, 4.69) is 40.1 Å². The summed E-state index contributed by atoms with van der Waals surface area (Å²) in [6.45, 7) is 3.61. The lowest BCUT2D eigenvalue weighted by atomic mass is 10.1. The second-order valence-corrected chi connectivity index (χ2v) is 7.03. The number of methoxy groups -OCH3 is 1. The van der Waals surface area contributed by atoms with E-state index in [1.165, 1.54) is 17.0 Å². The molecule has 6 heteroatoms. The molecule has 25 heavy (non-hydrogen) atoms. The maximum atomic E-state index is 13.0. The molecule has 0 spiro atoms. The number of thiophene rings is 1. The van der Waals surface area contributed by atoms with Gasteiger partial charge in [0, 0.05) is 32.1 Å². The predicted octanol–water partition coefficient (Wildman–Crippen LogP) is 3.62. The first-order valence-corrected chi connectivity index (χ1v) is 9.25. The van der Waals surface area contributed by atoms with Crippen LogP contribution in [0.3, 0.4) is 0 Å². The molecule has 2 atom stereocenters. The Morgan fingerprint density at radius 3 is 2.52 bits per heavy atom. The van der Waals surface area contributed by atoms with Gasteiger partial charge in [-0.1, -0.05) is 25.1 Å². The molecule has 2 aromatic rings. The van der Waals surface area contributed by atoms with Gasteiger partial charge >= 0.3 is 0 Å². The largest absolute Gasteiger partial charge is 0.375 e. The molecule has 136 valence electrons. The van der Waals surface area contributed by atoms with E-state index in [1.54, 1.807) is 37.6 Å². The second kappa shape index (κ2) is 10.2. The third kappa shape index (κ3) is 6.48. The number of halogens is 1. The third-order valence-electron chi connectivity index (χ3n) is 3.95. The van der Waals surface area contributed by atoms with Crippen LogP contribution in [0.25, 0.3) is 0 Å². The van der Waals surface area contributed by atoms with Crippen molar-refractivity contribution in [2.24, 2.45) is 10.9 Å². The lowest BCUT2D eigenvalue weighted by Crippen LogP contribution is -2.41. The minimum absolute atomic E-state index is 0.164. The number of nitrogens with zero attached hydrogens (tertiary/aromatic N) is 1. The van der Waals surface area contributed by atoms with E-state index in [0.29, 0.717) is 12.5 Å². The third-order valence-corrected chi connectivity index (χ3v) is 4.85. The van der Waals surface area contributed by atoms with Crippen molar-refractivity contribution in [3.05, 3.63) is 58.0 Å². The van der Waals surface area contributed by atoms with Crippen molar-refractivity contribution in [2.75, 3.05) is 27.2 Å². The number of hydrogen-bond acceptors (Lipinski definition) is 3. The Hall–Kier alpha value is -1.92. The van der Waals surface area contributed by atoms with E-state index in [-0.39, 0.29) is 11.9 Å². The normalized spacial score (nSPS) is 14.2. The summed E-state index contributed by atoms with van der Waals surface area (Å²) in [5.41, 5.74) is 0.929. The molecule has 0 bridgehead atoms. The first kappa shape index (κ1) is 19.4. The quantitative estimate of drug-likeness (QED) is 0.556. The molecule has 0 amide bonds. The zero-order chi connectivity index (χ0) is 18.1. The molecular formula is C19H26FN3OS. The van der Waals surface area contributed by atoms with Gasteiger partial charge in [0.15, 0.2) is 5.96 Å². The highest BCUT2D eigenvalue weighted by Crippen LogP contribution is 2.16. The molecule has 0 saturated heterocycles. The van der Waals surface area contributed by atoms with Crippen molar-refractivity contribution in [2.45, 2.75) is 19.4 Å². The van der Waals surface area contributed by atoms with Crippen LogP contribution in [0, 0.1) is 11.7 Å². The molecule has 0 fully saturated rings. The van der Waals surface area contributed by atoms with E-state index in [1.807, 2.05) is 0 Å². The van der Waals surface area contributed by atoms with Gasteiger partial charge in [-0.25, -0.2) is 4.39 Å². The van der Waals surface area contributed by atoms with Crippen LogP contribution in [0.4, 0.5) is 4.39 Å². The fourth-order valence-electron chi connectivity index (χ4n) is 2.54. The molecule has 1 aromatic carbocycles. The summed E-state index contributed by atoms with van der Waals surface area (Å²) >= 11 is 1.79. The van der Waals surface area contributed by atoms with Crippen molar-refractivity contribution in [1.82, 2.24) is 10.6 Å². The fraction of sp³-hybridized carbons (Fsp3) is 0.421. The summed E-state index contributed by atoms with van der Waals surface area (Å²) in [6.07, 6.45) is 0.889. The predicted molar refractivity (Wildman–Crippen MR) is 103 cm³/mol. The molecule has 0 saturated carbocycles. The number of aliphatic imine (C=N–C) groups is 1. The molecule has 1 aromatic heterocycles. The number of rotatable bonds is 8. The summed E-state index contributed by atoms with van der Waals surface area (Å²) < 4.78 is 18.5. The summed E-state index contributed by atoms with van der Waals surface area (Å²) in [7, 11) is 3.40. The Morgan fingerprint density at radius 2 is 1.92 bits per heavy atom. The number of guanidine groups is 1. The van der Waals surface area contributed by atoms with Crippen molar-refractivity contribution < 1.29 is 9.13 Å². The summed E-state index contributed by atoms with van der Waals surface area (Å²) in [5, 5.41) is 8.73. The molecule has 0 aliphatic rings. The monoisotopic (exact) mass is 363 g/mol. The topological polar surface area (TPSA) is 45.7 Å². The molecular weight excluding hydrogens is 337 g/mol. The van der Waals surface area contributed by atoms with Crippen molar-refractivity contribution in [1.29, 1.82) is 0 Å². The zero-order valence-electron chi connectivity index (χ0n) is 15.0. The minimum atomic E-state index is -0.247. The van der Waals surface area contributed by atoms with Crippen LogP contribution in [-0.4, -0.2) is 33.2 Å². The zero-order valence-corrected chi connectivity index (χ0v) is 15.8. The second-order valence-electron chi connectivity index (χ2n) is 6.00. The SMILES string of the molecule is CN=C(NCC(C)Cc1cccs1)NCC(OC)c1ccc(F)cc1. The van der Waals surface area contributed by atoms with Gasteiger partial charge in [-0.15, -0.1) is 11.3 Å². The van der Waals surface area contributed by atoms with Gasteiger partial charge in [-0.05, 0) is 41.5 Å². The van der Waals surface area contributed by atoms with Gasteiger partial charge < -0.3 is 15.4 Å². The molecule has 0 aliphatic carbocycles. The van der Waals surface area contributed by atoms with Crippen LogP contribution >= 0.6 is 11.3 Å². The number of benzene rings is 1. The van der Waals surface area contributed by atoms with Gasteiger partial charge in [-0.2, -0.15) is 0 Å². The number of hydrogen-bond donors (Lipinski definition) is 2. The van der Waals surface area contributed by atoms with Crippen LogP contribution in [0.15, 0.2) is 46.8 Å². The molecule has 2 N–H and O–H groups in total. The molecule has 0 aliphatic heterocycles. The Morgan fingerprint density at radius 1 is 1.20 bits per heavy atom. The Kier molecular flexibility index (Phi) is 7.88. The van der Waals surface area contributed by atoms with Crippen LogP contribution in [0.2, 0.25) is 0 Å². The van der Waals surface area contributed by atoms with Crippen LogP contribution < -0.4 is 10.6 Å². The van der Waals surface area contributed by atoms with Crippen LogP contribution in [0.5, 0.6) is 0 Å². The highest BCUT2D eigenvalue weighted by atomic mass is 32.1. The fourth-order valence-corrected chi connectivity index (χ4v) is 3.41. The van der Waals surface area contributed by atoms with Crippen molar-refractivity contribution in [3.8, 4) is 0 Å². The van der Waals surface area contributed by atoms with Crippen LogP contribution in [-0.2, 0) is 11.2 Å². The molecule has 2 unspecified atom stereocenters. The van der Waals surface area contributed by atoms with E-state index >= 15 is 0 Å².